The van der Waals surface area contributed by atoms with Crippen LogP contribution in [0.15, 0.2) is 24.3 Å². The maximum atomic E-state index is 13.1. The summed E-state index contributed by atoms with van der Waals surface area (Å²) in [5, 5.41) is 3.24. The minimum Gasteiger partial charge on any atom is -0.496 e. The summed E-state index contributed by atoms with van der Waals surface area (Å²) in [7, 11) is 1.72. The second-order valence-corrected chi connectivity index (χ2v) is 11.9. The standard InChI is InChI=1S/C31H42N2O4/c1-7-12-36-28-19(2)13-22(14-20(28)3)24-15-23-17-31(4,5)29(25(23)16-26(24)35-6)32-30(34)37-27-18-33-10-8-21(27)9-11-33/h13-16,21,27,29H,7-12,17-18H2,1-6H3,(H,32,34)/t27-,29?/m0/s1. The van der Waals surface area contributed by atoms with Gasteiger partial charge >= 0.3 is 6.09 Å². The second kappa shape index (κ2) is 10.2. The van der Waals surface area contributed by atoms with Crippen molar-refractivity contribution in [1.29, 1.82) is 0 Å². The Morgan fingerprint density at radius 3 is 2.41 bits per heavy atom. The van der Waals surface area contributed by atoms with Crippen LogP contribution in [0.4, 0.5) is 4.79 Å². The molecule has 37 heavy (non-hydrogen) atoms. The van der Waals surface area contributed by atoms with Gasteiger partial charge in [-0.15, -0.1) is 0 Å². The Labute approximate surface area is 221 Å². The molecule has 3 heterocycles. The number of benzene rings is 2. The fourth-order valence-corrected chi connectivity index (χ4v) is 6.61. The number of alkyl carbamates (subject to hydrolysis) is 1. The highest BCUT2D eigenvalue weighted by atomic mass is 16.6. The predicted octanol–water partition coefficient (Wildman–Crippen LogP) is 6.21. The number of methoxy groups -OCH3 is 1. The molecule has 1 N–H and O–H groups in total. The summed E-state index contributed by atoms with van der Waals surface area (Å²) in [6.45, 7) is 14.6. The van der Waals surface area contributed by atoms with E-state index in [-0.39, 0.29) is 23.7 Å². The lowest BCUT2D eigenvalue weighted by Crippen LogP contribution is -2.53. The van der Waals surface area contributed by atoms with E-state index in [4.69, 9.17) is 14.2 Å². The summed E-state index contributed by atoms with van der Waals surface area (Å²) >= 11 is 0. The van der Waals surface area contributed by atoms with E-state index in [1.165, 1.54) is 5.56 Å². The van der Waals surface area contributed by atoms with Crippen molar-refractivity contribution in [3.8, 4) is 22.6 Å². The average Bonchev–Trinajstić information content (AvgIpc) is 3.11. The van der Waals surface area contributed by atoms with Gasteiger partial charge in [-0.1, -0.05) is 20.8 Å². The molecular weight excluding hydrogens is 464 g/mol. The molecule has 2 atom stereocenters. The van der Waals surface area contributed by atoms with Gasteiger partial charge in [0.15, 0.2) is 0 Å². The van der Waals surface area contributed by atoms with Gasteiger partial charge in [-0.25, -0.2) is 4.79 Å². The summed E-state index contributed by atoms with van der Waals surface area (Å²) in [4.78, 5) is 15.5. The Morgan fingerprint density at radius 1 is 1.11 bits per heavy atom. The van der Waals surface area contributed by atoms with E-state index in [0.717, 1.165) is 91.2 Å². The third kappa shape index (κ3) is 5.05. The molecule has 1 amide bonds. The third-order valence-corrected chi connectivity index (χ3v) is 8.54. The maximum absolute atomic E-state index is 13.1. The minimum absolute atomic E-state index is 0.000783. The van der Waals surface area contributed by atoms with Gasteiger partial charge in [-0.3, -0.25) is 4.90 Å². The molecule has 3 fully saturated rings. The van der Waals surface area contributed by atoms with Crippen molar-refractivity contribution in [3.63, 3.8) is 0 Å². The monoisotopic (exact) mass is 506 g/mol. The lowest BCUT2D eigenvalue weighted by molar-refractivity contribution is -0.0349. The normalized spacial score (nSPS) is 25.5. The van der Waals surface area contributed by atoms with Crippen LogP contribution in [-0.4, -0.2) is 50.4 Å². The van der Waals surface area contributed by atoms with E-state index in [0.29, 0.717) is 5.92 Å². The highest BCUT2D eigenvalue weighted by molar-refractivity contribution is 5.76. The zero-order valence-electron chi connectivity index (χ0n) is 23.3. The Morgan fingerprint density at radius 2 is 1.81 bits per heavy atom. The lowest BCUT2D eigenvalue weighted by Gasteiger charge is -2.44. The summed E-state index contributed by atoms with van der Waals surface area (Å²) in [5.41, 5.74) is 6.67. The summed E-state index contributed by atoms with van der Waals surface area (Å²) in [5.74, 6) is 2.28. The second-order valence-electron chi connectivity index (χ2n) is 11.9. The quantitative estimate of drug-likeness (QED) is 0.484. The number of rotatable bonds is 7. The number of fused-ring (bicyclic) bond motifs is 4. The largest absolute Gasteiger partial charge is 0.496 e. The van der Waals surface area contributed by atoms with Gasteiger partial charge in [0, 0.05) is 12.1 Å². The molecule has 2 aromatic carbocycles. The van der Waals surface area contributed by atoms with E-state index in [1.807, 2.05) is 0 Å². The Kier molecular flexibility index (Phi) is 7.14. The molecule has 0 saturated carbocycles. The van der Waals surface area contributed by atoms with Crippen molar-refractivity contribution in [2.45, 2.75) is 72.4 Å². The first-order valence-corrected chi connectivity index (χ1v) is 13.8. The lowest BCUT2D eigenvalue weighted by atomic mass is 9.85. The van der Waals surface area contributed by atoms with Crippen LogP contribution < -0.4 is 14.8 Å². The van der Waals surface area contributed by atoms with Gasteiger partial charge in [0.1, 0.15) is 17.6 Å². The van der Waals surface area contributed by atoms with Gasteiger partial charge in [0.05, 0.1) is 19.8 Å². The van der Waals surface area contributed by atoms with E-state index in [9.17, 15) is 4.79 Å². The molecule has 6 rings (SSSR count). The molecule has 200 valence electrons. The Balaban J connectivity index is 1.40. The molecule has 0 spiro atoms. The first-order valence-electron chi connectivity index (χ1n) is 13.8. The molecule has 2 bridgehead atoms. The number of piperidine rings is 3. The molecule has 2 aromatic rings. The van der Waals surface area contributed by atoms with Crippen molar-refractivity contribution >= 4 is 6.09 Å². The van der Waals surface area contributed by atoms with E-state index >= 15 is 0 Å². The molecule has 4 aliphatic rings. The molecule has 0 radical (unpaired) electrons. The number of nitrogens with zero attached hydrogens (tertiary/aromatic N) is 1. The molecule has 1 unspecified atom stereocenters. The van der Waals surface area contributed by atoms with Crippen molar-refractivity contribution in [3.05, 3.63) is 46.5 Å². The van der Waals surface area contributed by atoms with Gasteiger partial charge in [0.2, 0.25) is 0 Å². The smallest absolute Gasteiger partial charge is 0.407 e. The SMILES string of the molecule is CCCOc1c(C)cc(-c2cc3c(cc2OC)C(NC(=O)O[C@H]2CN4CCC2CC4)C(C)(C)C3)cc1C. The van der Waals surface area contributed by atoms with Crippen LogP contribution in [0.25, 0.3) is 11.1 Å². The predicted molar refractivity (Wildman–Crippen MR) is 146 cm³/mol. The molecule has 6 heteroatoms. The fourth-order valence-electron chi connectivity index (χ4n) is 6.61. The zero-order valence-corrected chi connectivity index (χ0v) is 23.3. The van der Waals surface area contributed by atoms with Gasteiger partial charge in [-0.2, -0.15) is 0 Å². The van der Waals surface area contributed by atoms with E-state index < -0.39 is 0 Å². The molecule has 6 nitrogen and oxygen atoms in total. The maximum Gasteiger partial charge on any atom is 0.407 e. The zero-order chi connectivity index (χ0) is 26.3. The number of carbonyl (C=O) groups excluding carboxylic acids is 1. The van der Waals surface area contributed by atoms with Crippen LogP contribution in [0.1, 0.15) is 68.3 Å². The Hall–Kier alpha value is -2.73. The van der Waals surface area contributed by atoms with Gasteiger partial charge in [0.25, 0.3) is 0 Å². The Bertz CT molecular complexity index is 1140. The number of hydrogen-bond donors (Lipinski definition) is 1. The fraction of sp³-hybridized carbons (Fsp3) is 0.581. The number of aryl methyl sites for hydroxylation is 2. The van der Waals surface area contributed by atoms with Crippen molar-refractivity contribution in [1.82, 2.24) is 10.2 Å². The molecule has 3 saturated heterocycles. The van der Waals surface area contributed by atoms with Crippen LogP contribution in [0.2, 0.25) is 0 Å². The molecular formula is C31H42N2O4. The molecule has 1 aliphatic carbocycles. The number of amides is 1. The van der Waals surface area contributed by atoms with Crippen molar-refractivity contribution in [2.24, 2.45) is 11.3 Å². The van der Waals surface area contributed by atoms with Crippen LogP contribution in [0.5, 0.6) is 11.5 Å². The van der Waals surface area contributed by atoms with Gasteiger partial charge in [-0.05, 0) is 116 Å². The van der Waals surface area contributed by atoms with Gasteiger partial charge < -0.3 is 19.5 Å². The number of carbonyl (C=O) groups is 1. The van der Waals surface area contributed by atoms with Crippen molar-refractivity contribution < 1.29 is 19.0 Å². The van der Waals surface area contributed by atoms with Crippen LogP contribution >= 0.6 is 0 Å². The molecule has 3 aliphatic heterocycles. The third-order valence-electron chi connectivity index (χ3n) is 8.54. The first-order chi connectivity index (χ1) is 17.7. The minimum atomic E-state index is -0.304. The van der Waals surface area contributed by atoms with Crippen LogP contribution in [0.3, 0.4) is 0 Å². The van der Waals surface area contributed by atoms with E-state index in [2.05, 4.69) is 69.1 Å². The molecule has 0 aromatic heterocycles. The summed E-state index contributed by atoms with van der Waals surface area (Å²) in [6, 6.07) is 8.60. The summed E-state index contributed by atoms with van der Waals surface area (Å²) in [6.07, 6.45) is 3.80. The van der Waals surface area contributed by atoms with Crippen LogP contribution in [0, 0.1) is 25.2 Å². The highest BCUT2D eigenvalue weighted by Gasteiger charge is 2.42. The topological polar surface area (TPSA) is 60.0 Å². The number of nitrogens with one attached hydrogen (secondary N) is 1. The van der Waals surface area contributed by atoms with Crippen LogP contribution in [-0.2, 0) is 11.2 Å². The first kappa shape index (κ1) is 25.9. The average molecular weight is 507 g/mol. The summed E-state index contributed by atoms with van der Waals surface area (Å²) < 4.78 is 17.9. The number of hydrogen-bond acceptors (Lipinski definition) is 5. The number of ether oxygens (including phenoxy) is 3. The van der Waals surface area contributed by atoms with E-state index in [1.54, 1.807) is 7.11 Å². The highest BCUT2D eigenvalue weighted by Crippen LogP contribution is 2.49. The van der Waals surface area contributed by atoms with Crippen molar-refractivity contribution in [2.75, 3.05) is 33.4 Å².